The largest absolute Gasteiger partial charge is 0.481 e. The molecule has 3 fully saturated rings. The predicted octanol–water partition coefficient (Wildman–Crippen LogP) is 2.43. The number of likely N-dealkylation sites (tertiary alicyclic amines) is 1. The number of carbonyl (C=O) groups excluding carboxylic acids is 2. The van der Waals surface area contributed by atoms with Crippen molar-refractivity contribution < 1.29 is 29.3 Å². The lowest BCUT2D eigenvalue weighted by Crippen LogP contribution is -2.59. The van der Waals surface area contributed by atoms with Crippen LogP contribution in [0.15, 0.2) is 30.9 Å². The summed E-state index contributed by atoms with van der Waals surface area (Å²) in [5.74, 6) is -3.95. The summed E-state index contributed by atoms with van der Waals surface area (Å²) in [5.41, 5.74) is 1.28. The van der Waals surface area contributed by atoms with Crippen LogP contribution in [0.2, 0.25) is 0 Å². The molecule has 2 N–H and O–H groups in total. The van der Waals surface area contributed by atoms with Crippen molar-refractivity contribution in [2.24, 2.45) is 11.8 Å². The molecule has 4 rings (SSSR count). The standard InChI is InChI=1S/C25H31BrN2O6/c1-5-9-27(17-10-13(3)7-8-14(17)4)23(31)21-25-11-16(26)20(34-25)18(24(32)33)19(25)22(30)28(21)15(6-2)12-29/h5,7-8,10,15-16,18-21,29H,1,6,9,11-12H2,2-4H3,(H,32,33)/t15-,16?,18-,19-,20-,21?,25?/m0/s1. The number of carboxylic acids is 1. The van der Waals surface area contributed by atoms with Crippen molar-refractivity contribution in [3.05, 3.63) is 42.0 Å². The molecule has 1 spiro atoms. The summed E-state index contributed by atoms with van der Waals surface area (Å²) in [4.78, 5) is 43.1. The van der Waals surface area contributed by atoms with E-state index >= 15 is 0 Å². The van der Waals surface area contributed by atoms with E-state index in [1.807, 2.05) is 39.0 Å². The number of fused-ring (bicyclic) bond motifs is 1. The highest BCUT2D eigenvalue weighted by Gasteiger charge is 2.77. The van der Waals surface area contributed by atoms with Crippen LogP contribution < -0.4 is 4.90 Å². The maximum Gasteiger partial charge on any atom is 0.310 e. The lowest BCUT2D eigenvalue weighted by molar-refractivity contribution is -0.150. The Morgan fingerprint density at radius 3 is 2.71 bits per heavy atom. The summed E-state index contributed by atoms with van der Waals surface area (Å²) in [6.45, 7) is 9.37. The summed E-state index contributed by atoms with van der Waals surface area (Å²) < 4.78 is 6.32. The molecule has 3 aliphatic heterocycles. The normalized spacial score (nSPS) is 32.6. The lowest BCUT2D eigenvalue weighted by atomic mass is 9.70. The van der Waals surface area contributed by atoms with Crippen molar-refractivity contribution in [3.8, 4) is 0 Å². The Hall–Kier alpha value is -2.23. The maximum absolute atomic E-state index is 14.4. The lowest BCUT2D eigenvalue weighted by Gasteiger charge is -2.39. The number of hydrogen-bond acceptors (Lipinski definition) is 5. The second kappa shape index (κ2) is 9.09. The number of alkyl halides is 1. The third-order valence-corrected chi connectivity index (χ3v) is 8.40. The van der Waals surface area contributed by atoms with Gasteiger partial charge in [-0.05, 0) is 43.9 Å². The van der Waals surface area contributed by atoms with E-state index in [0.717, 1.165) is 11.1 Å². The van der Waals surface area contributed by atoms with Crippen LogP contribution in [0.5, 0.6) is 0 Å². The molecular weight excluding hydrogens is 504 g/mol. The zero-order chi connectivity index (χ0) is 24.9. The molecule has 7 atom stereocenters. The molecule has 9 heteroatoms. The summed E-state index contributed by atoms with van der Waals surface area (Å²) in [5, 5.41) is 20.1. The average molecular weight is 535 g/mol. The van der Waals surface area contributed by atoms with Crippen LogP contribution >= 0.6 is 15.9 Å². The highest BCUT2D eigenvalue weighted by atomic mass is 79.9. The minimum Gasteiger partial charge on any atom is -0.481 e. The fraction of sp³-hybridized carbons (Fsp3) is 0.560. The van der Waals surface area contributed by atoms with Gasteiger partial charge in [-0.25, -0.2) is 0 Å². The van der Waals surface area contributed by atoms with E-state index in [2.05, 4.69) is 22.5 Å². The molecule has 3 saturated heterocycles. The molecule has 3 unspecified atom stereocenters. The zero-order valence-corrected chi connectivity index (χ0v) is 21.2. The van der Waals surface area contributed by atoms with E-state index in [0.29, 0.717) is 18.5 Å². The van der Waals surface area contributed by atoms with Crippen molar-refractivity contribution in [2.45, 2.75) is 62.2 Å². The Bertz CT molecular complexity index is 1030. The third-order valence-electron chi connectivity index (χ3n) is 7.55. The first kappa shape index (κ1) is 24.9. The van der Waals surface area contributed by atoms with Crippen molar-refractivity contribution in [3.63, 3.8) is 0 Å². The van der Waals surface area contributed by atoms with Crippen LogP contribution in [0.3, 0.4) is 0 Å². The highest BCUT2D eigenvalue weighted by molar-refractivity contribution is 9.09. The number of aliphatic hydroxyl groups excluding tert-OH is 1. The van der Waals surface area contributed by atoms with E-state index < -0.39 is 47.5 Å². The van der Waals surface area contributed by atoms with Gasteiger partial charge in [-0.15, -0.1) is 6.58 Å². The fourth-order valence-electron chi connectivity index (χ4n) is 6.03. The van der Waals surface area contributed by atoms with Crippen molar-refractivity contribution in [2.75, 3.05) is 18.1 Å². The number of amides is 2. The molecule has 34 heavy (non-hydrogen) atoms. The summed E-state index contributed by atoms with van der Waals surface area (Å²) in [6.07, 6.45) is 1.67. The van der Waals surface area contributed by atoms with Gasteiger partial charge in [0.15, 0.2) is 0 Å². The first-order valence-electron chi connectivity index (χ1n) is 11.6. The summed E-state index contributed by atoms with van der Waals surface area (Å²) in [6, 6.07) is 4.12. The number of benzene rings is 1. The van der Waals surface area contributed by atoms with E-state index in [4.69, 9.17) is 4.74 Å². The number of rotatable bonds is 8. The van der Waals surface area contributed by atoms with Crippen molar-refractivity contribution >= 4 is 39.4 Å². The van der Waals surface area contributed by atoms with Gasteiger partial charge in [0.25, 0.3) is 5.91 Å². The van der Waals surface area contributed by atoms with E-state index in [1.54, 1.807) is 11.0 Å². The number of carboxylic acid groups (broad SMARTS) is 1. The summed E-state index contributed by atoms with van der Waals surface area (Å²) >= 11 is 3.55. The van der Waals surface area contributed by atoms with Crippen LogP contribution in [-0.2, 0) is 19.1 Å². The SMILES string of the molecule is C=CCN(C(=O)C1N([C@@H](CC)CO)C(=O)[C@@H]2[C@H](C(=O)O)[C@H]3OC12CC3Br)c1cc(C)ccc1C. The summed E-state index contributed by atoms with van der Waals surface area (Å²) in [7, 11) is 0. The predicted molar refractivity (Wildman–Crippen MR) is 130 cm³/mol. The minimum atomic E-state index is -1.28. The Morgan fingerprint density at radius 2 is 2.12 bits per heavy atom. The molecule has 0 radical (unpaired) electrons. The van der Waals surface area contributed by atoms with Gasteiger partial charge in [0.05, 0.1) is 30.6 Å². The van der Waals surface area contributed by atoms with Crippen LogP contribution in [0.1, 0.15) is 30.9 Å². The Kier molecular flexibility index (Phi) is 6.65. The smallest absolute Gasteiger partial charge is 0.310 e. The number of aliphatic hydroxyl groups is 1. The first-order valence-corrected chi connectivity index (χ1v) is 12.5. The molecule has 2 bridgehead atoms. The molecule has 8 nitrogen and oxygen atoms in total. The Balaban J connectivity index is 1.87. The van der Waals surface area contributed by atoms with Gasteiger partial charge in [0.1, 0.15) is 11.6 Å². The number of nitrogens with zero attached hydrogens (tertiary/aromatic N) is 2. The second-order valence-electron chi connectivity index (χ2n) is 9.52. The number of hydrogen-bond donors (Lipinski definition) is 2. The van der Waals surface area contributed by atoms with Crippen LogP contribution in [0.25, 0.3) is 0 Å². The zero-order valence-electron chi connectivity index (χ0n) is 19.6. The molecule has 3 heterocycles. The molecule has 1 aromatic rings. The van der Waals surface area contributed by atoms with Crippen molar-refractivity contribution in [1.29, 1.82) is 0 Å². The molecule has 0 saturated carbocycles. The van der Waals surface area contributed by atoms with Gasteiger partial charge in [0.2, 0.25) is 5.91 Å². The molecule has 1 aromatic carbocycles. The number of anilines is 1. The highest BCUT2D eigenvalue weighted by Crippen LogP contribution is 2.60. The maximum atomic E-state index is 14.4. The number of carbonyl (C=O) groups is 3. The third kappa shape index (κ3) is 3.51. The van der Waals surface area contributed by atoms with Gasteiger partial charge in [-0.1, -0.05) is 41.1 Å². The van der Waals surface area contributed by atoms with E-state index in [9.17, 15) is 24.6 Å². The number of aliphatic carboxylic acids is 1. The minimum absolute atomic E-state index is 0.210. The second-order valence-corrected chi connectivity index (χ2v) is 10.7. The van der Waals surface area contributed by atoms with Gasteiger partial charge >= 0.3 is 5.97 Å². The molecular formula is C25H31BrN2O6. The number of halogens is 1. The first-order chi connectivity index (χ1) is 16.1. The van der Waals surface area contributed by atoms with E-state index in [-0.39, 0.29) is 23.9 Å². The van der Waals surface area contributed by atoms with Gasteiger partial charge in [-0.3, -0.25) is 14.4 Å². The average Bonchev–Trinajstić information content (AvgIpc) is 3.38. The van der Waals surface area contributed by atoms with Gasteiger partial charge in [-0.2, -0.15) is 0 Å². The van der Waals surface area contributed by atoms with Gasteiger partial charge in [0, 0.05) is 17.1 Å². The van der Waals surface area contributed by atoms with Gasteiger partial charge < -0.3 is 24.7 Å². The Morgan fingerprint density at radius 1 is 1.41 bits per heavy atom. The van der Waals surface area contributed by atoms with Crippen LogP contribution in [0.4, 0.5) is 5.69 Å². The Labute approximate surface area is 207 Å². The van der Waals surface area contributed by atoms with E-state index in [1.165, 1.54) is 4.90 Å². The topological polar surface area (TPSA) is 107 Å². The quantitative estimate of drug-likeness (QED) is 0.391. The molecule has 0 aromatic heterocycles. The monoisotopic (exact) mass is 534 g/mol. The van der Waals surface area contributed by atoms with Crippen LogP contribution in [-0.4, -0.2) is 74.7 Å². The number of aryl methyl sites for hydroxylation is 2. The molecule has 2 amide bonds. The molecule has 3 aliphatic rings. The number of ether oxygens (including phenoxy) is 1. The fourth-order valence-corrected chi connectivity index (χ4v) is 6.97. The van der Waals surface area contributed by atoms with Crippen LogP contribution in [0, 0.1) is 25.7 Å². The molecule has 0 aliphatic carbocycles. The van der Waals surface area contributed by atoms with Crippen molar-refractivity contribution in [1.82, 2.24) is 4.90 Å². The molecule has 184 valence electrons.